The molecule has 2 nitrogen and oxygen atoms in total. The maximum atomic E-state index is 14.1. The van der Waals surface area contributed by atoms with E-state index < -0.39 is 7.14 Å². The smallest absolute Gasteiger partial charge is 0.151 e. The number of benzene rings is 3. The number of hydrogen-bond acceptors (Lipinski definition) is 2. The number of methoxy groups -OCH3 is 1. The van der Waals surface area contributed by atoms with Gasteiger partial charge in [-0.3, -0.25) is 0 Å². The van der Waals surface area contributed by atoms with Crippen LogP contribution in [0.15, 0.2) is 84.9 Å². The highest BCUT2D eigenvalue weighted by atomic mass is 31.2. The van der Waals surface area contributed by atoms with Crippen LogP contribution in [0, 0.1) is 0 Å². The Hall–Kier alpha value is -2.31. The molecule has 1 atom stereocenters. The third-order valence-corrected chi connectivity index (χ3v) is 6.99. The normalized spacial score (nSPS) is 13.3. The van der Waals surface area contributed by atoms with E-state index in [9.17, 15) is 4.57 Å². The fourth-order valence-corrected chi connectivity index (χ4v) is 5.61. The molecule has 0 aliphatic carbocycles. The highest BCUT2D eigenvalue weighted by Crippen LogP contribution is 2.49. The Labute approximate surface area is 137 Å². The van der Waals surface area contributed by atoms with Crippen LogP contribution in [0.5, 0.6) is 5.75 Å². The zero-order valence-corrected chi connectivity index (χ0v) is 13.9. The van der Waals surface area contributed by atoms with Gasteiger partial charge in [0.25, 0.3) is 0 Å². The van der Waals surface area contributed by atoms with Crippen molar-refractivity contribution in [2.24, 2.45) is 0 Å². The molecule has 0 heterocycles. The molecule has 0 aliphatic rings. The first-order valence-corrected chi connectivity index (χ1v) is 9.45. The Kier molecular flexibility index (Phi) is 4.64. The van der Waals surface area contributed by atoms with Crippen LogP contribution >= 0.6 is 7.14 Å². The van der Waals surface area contributed by atoms with Gasteiger partial charge in [-0.2, -0.15) is 0 Å². The van der Waals surface area contributed by atoms with Crippen LogP contribution in [0.2, 0.25) is 0 Å². The minimum absolute atomic E-state index is 0.484. The number of ether oxygens (including phenoxy) is 1. The molecule has 0 saturated heterocycles. The molecule has 23 heavy (non-hydrogen) atoms. The second kappa shape index (κ2) is 6.85. The Morgan fingerprint density at radius 1 is 0.783 bits per heavy atom. The van der Waals surface area contributed by atoms with Gasteiger partial charge in [0.15, 0.2) is 7.14 Å². The van der Waals surface area contributed by atoms with Gasteiger partial charge in [0.05, 0.1) is 12.4 Å². The summed E-state index contributed by atoms with van der Waals surface area (Å²) in [7, 11) is -1.20. The van der Waals surface area contributed by atoms with E-state index in [4.69, 9.17) is 4.74 Å². The molecular formula is C20H19O2P. The van der Waals surface area contributed by atoms with Crippen molar-refractivity contribution in [3.05, 3.63) is 90.5 Å². The average molecular weight is 322 g/mol. The van der Waals surface area contributed by atoms with E-state index in [-0.39, 0.29) is 0 Å². The minimum Gasteiger partial charge on any atom is -0.496 e. The molecular weight excluding hydrogens is 303 g/mol. The van der Waals surface area contributed by atoms with Gasteiger partial charge in [-0.15, -0.1) is 0 Å². The average Bonchev–Trinajstić information content (AvgIpc) is 2.63. The highest BCUT2D eigenvalue weighted by molar-refractivity contribution is 7.78. The molecule has 0 saturated carbocycles. The van der Waals surface area contributed by atoms with Crippen LogP contribution in [0.1, 0.15) is 5.56 Å². The van der Waals surface area contributed by atoms with Gasteiger partial charge >= 0.3 is 0 Å². The summed E-state index contributed by atoms with van der Waals surface area (Å²) >= 11 is 0. The zero-order chi connectivity index (χ0) is 16.1. The third kappa shape index (κ3) is 3.23. The summed E-state index contributed by atoms with van der Waals surface area (Å²) in [4.78, 5) is 0. The Morgan fingerprint density at radius 2 is 1.35 bits per heavy atom. The monoisotopic (exact) mass is 322 g/mol. The Morgan fingerprint density at radius 3 is 2.00 bits per heavy atom. The summed E-state index contributed by atoms with van der Waals surface area (Å²) in [6.45, 7) is 0. The van der Waals surface area contributed by atoms with Crippen molar-refractivity contribution in [3.8, 4) is 5.75 Å². The van der Waals surface area contributed by atoms with Crippen LogP contribution in [-0.4, -0.2) is 7.11 Å². The maximum Gasteiger partial charge on any atom is 0.151 e. The summed E-state index contributed by atoms with van der Waals surface area (Å²) in [6, 6.07) is 27.3. The predicted molar refractivity (Wildman–Crippen MR) is 96.5 cm³/mol. The van der Waals surface area contributed by atoms with E-state index in [2.05, 4.69) is 0 Å². The van der Waals surface area contributed by atoms with Gasteiger partial charge in [-0.05, 0) is 17.7 Å². The molecule has 0 N–H and O–H groups in total. The predicted octanol–water partition coefficient (Wildman–Crippen LogP) is 4.21. The van der Waals surface area contributed by atoms with Gasteiger partial charge in [0.1, 0.15) is 5.75 Å². The molecule has 3 aromatic rings. The summed E-state index contributed by atoms with van der Waals surface area (Å²) in [5, 5.41) is 1.63. The molecule has 0 amide bonds. The first kappa shape index (κ1) is 15.6. The fourth-order valence-electron chi connectivity index (χ4n) is 2.75. The van der Waals surface area contributed by atoms with Crippen molar-refractivity contribution in [1.29, 1.82) is 0 Å². The van der Waals surface area contributed by atoms with E-state index in [0.29, 0.717) is 11.9 Å². The summed E-state index contributed by atoms with van der Waals surface area (Å²) < 4.78 is 19.6. The second-order valence-electron chi connectivity index (χ2n) is 5.39. The van der Waals surface area contributed by atoms with Crippen molar-refractivity contribution in [1.82, 2.24) is 0 Å². The zero-order valence-electron chi connectivity index (χ0n) is 13.1. The third-order valence-electron chi connectivity index (χ3n) is 3.90. The lowest BCUT2D eigenvalue weighted by molar-refractivity contribution is 0.418. The molecule has 0 spiro atoms. The van der Waals surface area contributed by atoms with E-state index in [0.717, 1.165) is 16.2 Å². The number of hydrogen-bond donors (Lipinski definition) is 0. The first-order valence-electron chi connectivity index (χ1n) is 7.56. The van der Waals surface area contributed by atoms with Crippen LogP contribution in [0.25, 0.3) is 0 Å². The quantitative estimate of drug-likeness (QED) is 0.658. The lowest BCUT2D eigenvalue weighted by atomic mass is 10.2. The van der Waals surface area contributed by atoms with Gasteiger partial charge < -0.3 is 9.30 Å². The highest BCUT2D eigenvalue weighted by Gasteiger charge is 2.30. The molecule has 0 radical (unpaired) electrons. The van der Waals surface area contributed by atoms with Gasteiger partial charge in [-0.1, -0.05) is 72.8 Å². The van der Waals surface area contributed by atoms with Crippen LogP contribution in [-0.2, 0) is 10.7 Å². The van der Waals surface area contributed by atoms with Crippen LogP contribution in [0.4, 0.5) is 0 Å². The standard InChI is InChI=1S/C20H19O2P/c1-22-19-14-8-9-15-20(19)23(21,18-12-6-3-7-13-18)16-17-10-4-2-5-11-17/h2-15H,16H2,1H3/t23-/m0/s1. The largest absolute Gasteiger partial charge is 0.496 e. The van der Waals surface area contributed by atoms with E-state index in [1.165, 1.54) is 0 Å². The van der Waals surface area contributed by atoms with Crippen molar-refractivity contribution in [3.63, 3.8) is 0 Å². The number of rotatable bonds is 5. The molecule has 3 aromatic carbocycles. The first-order chi connectivity index (χ1) is 11.2. The molecule has 0 aliphatic heterocycles. The second-order valence-corrected chi connectivity index (χ2v) is 8.18. The van der Waals surface area contributed by atoms with Gasteiger partial charge in [0, 0.05) is 11.5 Å². The van der Waals surface area contributed by atoms with Crippen LogP contribution in [0.3, 0.4) is 0 Å². The van der Waals surface area contributed by atoms with E-state index in [1.54, 1.807) is 7.11 Å². The van der Waals surface area contributed by atoms with Crippen molar-refractivity contribution >= 4 is 17.8 Å². The minimum atomic E-state index is -2.83. The van der Waals surface area contributed by atoms with Gasteiger partial charge in [0.2, 0.25) is 0 Å². The SMILES string of the molecule is COc1ccccc1[P@](=O)(Cc1ccccc1)c1ccccc1. The lowest BCUT2D eigenvalue weighted by Gasteiger charge is -2.21. The summed E-state index contributed by atoms with van der Waals surface area (Å²) in [5.74, 6) is 0.676. The molecule has 3 rings (SSSR count). The summed E-state index contributed by atoms with van der Waals surface area (Å²) in [6.07, 6.45) is 0.484. The lowest BCUT2D eigenvalue weighted by Crippen LogP contribution is -2.19. The van der Waals surface area contributed by atoms with Gasteiger partial charge in [-0.25, -0.2) is 0 Å². The molecule has 0 aromatic heterocycles. The topological polar surface area (TPSA) is 26.3 Å². The van der Waals surface area contributed by atoms with Crippen molar-refractivity contribution in [2.45, 2.75) is 6.16 Å². The maximum absolute atomic E-state index is 14.1. The Bertz CT molecular complexity index is 813. The van der Waals surface area contributed by atoms with E-state index in [1.807, 2.05) is 84.9 Å². The van der Waals surface area contributed by atoms with E-state index >= 15 is 0 Å². The molecule has 116 valence electrons. The number of para-hydroxylation sites is 1. The van der Waals surface area contributed by atoms with Crippen molar-refractivity contribution in [2.75, 3.05) is 7.11 Å². The van der Waals surface area contributed by atoms with Crippen LogP contribution < -0.4 is 15.3 Å². The summed E-state index contributed by atoms with van der Waals surface area (Å²) in [5.41, 5.74) is 1.06. The molecule has 0 bridgehead atoms. The molecule has 0 fully saturated rings. The molecule has 0 unspecified atom stereocenters. The Balaban J connectivity index is 2.16. The fraction of sp³-hybridized carbons (Fsp3) is 0.100. The molecule has 3 heteroatoms. The van der Waals surface area contributed by atoms with Crippen molar-refractivity contribution < 1.29 is 9.30 Å².